The van der Waals surface area contributed by atoms with Gasteiger partial charge in [-0.25, -0.2) is 0 Å². The van der Waals surface area contributed by atoms with Crippen LogP contribution in [-0.4, -0.2) is 100 Å². The fraction of sp³-hybridized carbons (Fsp3) is 0.776. The Morgan fingerprint density at radius 1 is 0.569 bits per heavy atom. The molecule has 9 heteroatoms. The third-order valence-corrected chi connectivity index (χ3v) is 10.5. The van der Waals surface area contributed by atoms with E-state index in [2.05, 4.69) is 67.4 Å². The number of hydrogen-bond acceptors (Lipinski definition) is 8. The zero-order chi connectivity index (χ0) is 42.0. The summed E-state index contributed by atoms with van der Waals surface area (Å²) in [6.45, 7) is 8.09. The van der Waals surface area contributed by atoms with E-state index in [1.807, 2.05) is 0 Å². The minimum Gasteiger partial charge on any atom is -0.464 e. The molecule has 58 heavy (non-hydrogen) atoms. The minimum atomic E-state index is -0.225. The highest BCUT2D eigenvalue weighted by Crippen LogP contribution is 2.14. The number of ether oxygens (including phenoxy) is 4. The second-order valence-electron chi connectivity index (χ2n) is 15.8. The van der Waals surface area contributed by atoms with Gasteiger partial charge in [-0.1, -0.05) is 127 Å². The van der Waals surface area contributed by atoms with Crippen molar-refractivity contribution in [1.82, 2.24) is 9.80 Å². The molecular formula is C49H86N2O7. The van der Waals surface area contributed by atoms with E-state index in [-0.39, 0.29) is 56.8 Å². The predicted octanol–water partition coefficient (Wildman–Crippen LogP) is 11.3. The summed E-state index contributed by atoms with van der Waals surface area (Å²) in [6.07, 6.45) is 44.9. The maximum absolute atomic E-state index is 13.4. The molecule has 0 aliphatic carbocycles. The van der Waals surface area contributed by atoms with Crippen molar-refractivity contribution >= 4 is 17.8 Å². The van der Waals surface area contributed by atoms with Crippen LogP contribution in [0.4, 0.5) is 0 Å². The summed E-state index contributed by atoms with van der Waals surface area (Å²) in [6, 6.07) is 0. The maximum atomic E-state index is 13.4. The monoisotopic (exact) mass is 815 g/mol. The molecule has 0 aromatic heterocycles. The lowest BCUT2D eigenvalue weighted by Gasteiger charge is -2.25. The molecule has 0 radical (unpaired) electrons. The Balaban J connectivity index is 2.30. The lowest BCUT2D eigenvalue weighted by Crippen LogP contribution is -2.43. The molecule has 0 N–H and O–H groups in total. The fourth-order valence-corrected chi connectivity index (χ4v) is 6.87. The van der Waals surface area contributed by atoms with Crippen molar-refractivity contribution in [2.24, 2.45) is 0 Å². The van der Waals surface area contributed by atoms with E-state index in [1.54, 1.807) is 12.0 Å². The zero-order valence-electron chi connectivity index (χ0n) is 37.5. The van der Waals surface area contributed by atoms with Crippen molar-refractivity contribution in [2.45, 2.75) is 180 Å². The SMILES string of the molecule is CCCCC/C=C\C/C=C\CCCCCCCC(=O)OCCN(CCOC(=O)CCCCCCC/C=C\C/C=C\CCCCC)C(=O)CN1CC[C@@H](OCCOC)C1. The molecule has 9 nitrogen and oxygen atoms in total. The number of likely N-dealkylation sites (tertiary alicyclic amines) is 1. The second-order valence-corrected chi connectivity index (χ2v) is 15.8. The van der Waals surface area contributed by atoms with Gasteiger partial charge in [0.2, 0.25) is 5.91 Å². The van der Waals surface area contributed by atoms with Gasteiger partial charge in [0.25, 0.3) is 0 Å². The molecule has 1 amide bonds. The highest BCUT2D eigenvalue weighted by Gasteiger charge is 2.26. The number of rotatable bonds is 40. The van der Waals surface area contributed by atoms with E-state index in [4.69, 9.17) is 18.9 Å². The molecule has 0 spiro atoms. The summed E-state index contributed by atoms with van der Waals surface area (Å²) in [5.74, 6) is -0.512. The van der Waals surface area contributed by atoms with Crippen LogP contribution in [0.15, 0.2) is 48.6 Å². The van der Waals surface area contributed by atoms with Crippen LogP contribution in [0.5, 0.6) is 0 Å². The highest BCUT2D eigenvalue weighted by atomic mass is 16.5. The number of methoxy groups -OCH3 is 1. The lowest BCUT2D eigenvalue weighted by atomic mass is 10.1. The summed E-state index contributed by atoms with van der Waals surface area (Å²) < 4.78 is 22.0. The van der Waals surface area contributed by atoms with Crippen molar-refractivity contribution in [2.75, 3.05) is 66.3 Å². The molecule has 1 fully saturated rings. The lowest BCUT2D eigenvalue weighted by molar-refractivity contribution is -0.148. The molecule has 0 saturated carbocycles. The Kier molecular flexibility index (Phi) is 37.7. The van der Waals surface area contributed by atoms with E-state index in [0.717, 1.165) is 77.2 Å². The third kappa shape index (κ3) is 34.1. The Hall–Kier alpha value is -2.75. The van der Waals surface area contributed by atoms with Crippen LogP contribution in [0.25, 0.3) is 0 Å². The summed E-state index contributed by atoms with van der Waals surface area (Å²) in [5.41, 5.74) is 0. The molecule has 1 aliphatic heterocycles. The molecule has 0 unspecified atom stereocenters. The minimum absolute atomic E-state index is 0.0629. The summed E-state index contributed by atoms with van der Waals surface area (Å²) in [4.78, 5) is 42.1. The number of amides is 1. The van der Waals surface area contributed by atoms with Gasteiger partial charge >= 0.3 is 11.9 Å². The largest absolute Gasteiger partial charge is 0.464 e. The van der Waals surface area contributed by atoms with Crippen molar-refractivity contribution in [1.29, 1.82) is 0 Å². The number of esters is 2. The molecule has 0 aromatic rings. The van der Waals surface area contributed by atoms with Gasteiger partial charge in [-0.2, -0.15) is 0 Å². The van der Waals surface area contributed by atoms with Crippen molar-refractivity contribution in [3.63, 3.8) is 0 Å². The first kappa shape index (κ1) is 53.3. The van der Waals surface area contributed by atoms with Crippen LogP contribution < -0.4 is 0 Å². The quantitative estimate of drug-likeness (QED) is 0.0343. The van der Waals surface area contributed by atoms with Gasteiger partial charge in [-0.15, -0.1) is 0 Å². The molecule has 0 bridgehead atoms. The molecular weight excluding hydrogens is 729 g/mol. The van der Waals surface area contributed by atoms with Crippen LogP contribution in [0, 0.1) is 0 Å². The molecule has 0 aromatic carbocycles. The van der Waals surface area contributed by atoms with E-state index >= 15 is 0 Å². The van der Waals surface area contributed by atoms with Gasteiger partial charge in [-0.05, 0) is 83.5 Å². The number of hydrogen-bond donors (Lipinski definition) is 0. The van der Waals surface area contributed by atoms with Crippen LogP contribution >= 0.6 is 0 Å². The van der Waals surface area contributed by atoms with Crippen molar-refractivity contribution in [3.05, 3.63) is 48.6 Å². The van der Waals surface area contributed by atoms with Crippen molar-refractivity contribution in [3.8, 4) is 0 Å². The van der Waals surface area contributed by atoms with E-state index < -0.39 is 0 Å². The molecule has 1 saturated heterocycles. The topological polar surface area (TPSA) is 94.6 Å². The second kappa shape index (κ2) is 41.0. The Morgan fingerprint density at radius 2 is 1.02 bits per heavy atom. The molecule has 334 valence electrons. The smallest absolute Gasteiger partial charge is 0.305 e. The molecule has 1 atom stereocenters. The first-order valence-corrected chi connectivity index (χ1v) is 23.5. The van der Waals surface area contributed by atoms with Crippen molar-refractivity contribution < 1.29 is 33.3 Å². The van der Waals surface area contributed by atoms with Gasteiger partial charge in [0.05, 0.1) is 39.0 Å². The first-order chi connectivity index (χ1) is 28.5. The fourth-order valence-electron chi connectivity index (χ4n) is 6.87. The third-order valence-electron chi connectivity index (χ3n) is 10.5. The standard InChI is InChI=1S/C49H86N2O7/c1-4-6-8-10-12-14-16-18-20-22-24-26-28-30-32-34-48(53)57-40-38-51(47(52)45-50-37-36-46(44-50)56-43-42-55-3)39-41-58-49(54)35-33-31-29-27-25-23-21-19-17-15-13-11-9-7-5-2/h12-15,18-21,46H,4-11,16-17,22-45H2,1-3H3/b14-12-,15-13-,20-18-,21-19-/t46-/m1/s1. The summed E-state index contributed by atoms with van der Waals surface area (Å²) >= 11 is 0. The van der Waals surface area contributed by atoms with E-state index in [0.29, 0.717) is 32.6 Å². The van der Waals surface area contributed by atoms with Crippen LogP contribution in [0.2, 0.25) is 0 Å². The number of carbonyl (C=O) groups is 3. The zero-order valence-corrected chi connectivity index (χ0v) is 37.5. The average Bonchev–Trinajstić information content (AvgIpc) is 3.66. The van der Waals surface area contributed by atoms with Crippen LogP contribution in [0.1, 0.15) is 174 Å². The average molecular weight is 815 g/mol. The highest BCUT2D eigenvalue weighted by molar-refractivity contribution is 5.78. The predicted molar refractivity (Wildman–Crippen MR) is 240 cm³/mol. The van der Waals surface area contributed by atoms with Gasteiger partial charge in [0, 0.05) is 33.0 Å². The molecule has 1 rings (SSSR count). The van der Waals surface area contributed by atoms with Gasteiger partial charge in [0.1, 0.15) is 13.2 Å². The maximum Gasteiger partial charge on any atom is 0.305 e. The van der Waals surface area contributed by atoms with Crippen LogP contribution in [0.3, 0.4) is 0 Å². The Bertz CT molecular complexity index is 1040. The first-order valence-electron chi connectivity index (χ1n) is 23.5. The van der Waals surface area contributed by atoms with E-state index in [9.17, 15) is 14.4 Å². The number of carbonyl (C=O) groups excluding carboxylic acids is 3. The normalized spacial score (nSPS) is 14.8. The summed E-state index contributed by atoms with van der Waals surface area (Å²) in [5, 5.41) is 0. The summed E-state index contributed by atoms with van der Waals surface area (Å²) in [7, 11) is 1.65. The van der Waals surface area contributed by atoms with Gasteiger partial charge in [-0.3, -0.25) is 19.3 Å². The van der Waals surface area contributed by atoms with Crippen LogP contribution in [-0.2, 0) is 33.3 Å². The van der Waals surface area contributed by atoms with E-state index in [1.165, 1.54) is 77.0 Å². The number of unbranched alkanes of at least 4 members (excludes halogenated alkanes) is 16. The molecule has 1 aliphatic rings. The number of allylic oxidation sites excluding steroid dienone is 8. The number of nitrogens with zero attached hydrogens (tertiary/aromatic N) is 2. The Labute approximate surface area is 355 Å². The van der Waals surface area contributed by atoms with Gasteiger partial charge in [0.15, 0.2) is 0 Å². The molecule has 1 heterocycles. The van der Waals surface area contributed by atoms with Gasteiger partial charge < -0.3 is 23.8 Å². The Morgan fingerprint density at radius 3 is 1.48 bits per heavy atom.